The van der Waals surface area contributed by atoms with Crippen LogP contribution in [0.1, 0.15) is 18.7 Å². The first-order valence-corrected chi connectivity index (χ1v) is 10.6. The second-order valence-electron chi connectivity index (χ2n) is 7.63. The average Bonchev–Trinajstić information content (AvgIpc) is 3.09. The molecule has 5 nitrogen and oxygen atoms in total. The summed E-state index contributed by atoms with van der Waals surface area (Å²) in [6, 6.07) is 10.2. The van der Waals surface area contributed by atoms with Crippen molar-refractivity contribution < 1.29 is 4.74 Å². The summed E-state index contributed by atoms with van der Waals surface area (Å²) in [7, 11) is 1.83. The van der Waals surface area contributed by atoms with Crippen molar-refractivity contribution in [2.45, 2.75) is 26.5 Å². The number of thiophene rings is 1. The molecule has 3 aromatic rings. The number of hydrogen-bond acceptors (Lipinski definition) is 5. The van der Waals surface area contributed by atoms with Crippen molar-refractivity contribution in [3.63, 3.8) is 0 Å². The van der Waals surface area contributed by atoms with E-state index >= 15 is 0 Å². The van der Waals surface area contributed by atoms with Crippen molar-refractivity contribution in [1.29, 1.82) is 0 Å². The molecule has 0 amide bonds. The Morgan fingerprint density at radius 3 is 2.75 bits per heavy atom. The van der Waals surface area contributed by atoms with Crippen LogP contribution in [0.4, 0.5) is 0 Å². The largest absolute Gasteiger partial charge is 0.491 e. The van der Waals surface area contributed by atoms with Gasteiger partial charge in [-0.2, -0.15) is 0 Å². The van der Waals surface area contributed by atoms with E-state index in [9.17, 15) is 4.79 Å². The lowest BCUT2D eigenvalue weighted by Gasteiger charge is -2.26. The summed E-state index contributed by atoms with van der Waals surface area (Å²) < 4.78 is 8.62. The van der Waals surface area contributed by atoms with Gasteiger partial charge in [-0.1, -0.05) is 12.1 Å². The topological polar surface area (TPSA) is 46.5 Å². The van der Waals surface area contributed by atoms with E-state index < -0.39 is 0 Å². The zero-order valence-corrected chi connectivity index (χ0v) is 17.5. The Kier molecular flexibility index (Phi) is 5.53. The SMILES string of the molecule is CC(C)Oc1cccc(-c2cn(C)c(=O)c3cc(CN4CCNCC4)sc23)c1. The van der Waals surface area contributed by atoms with Crippen LogP contribution in [-0.2, 0) is 13.6 Å². The Labute approximate surface area is 169 Å². The number of nitrogens with zero attached hydrogens (tertiary/aromatic N) is 2. The minimum absolute atomic E-state index is 0.0659. The number of ether oxygens (including phenoxy) is 1. The zero-order valence-electron chi connectivity index (χ0n) is 16.7. The fraction of sp³-hybridized carbons (Fsp3) is 0.409. The first kappa shape index (κ1) is 19.2. The van der Waals surface area contributed by atoms with E-state index in [0.29, 0.717) is 0 Å². The minimum atomic E-state index is 0.0659. The molecule has 0 spiro atoms. The van der Waals surface area contributed by atoms with Gasteiger partial charge in [-0.3, -0.25) is 9.69 Å². The lowest BCUT2D eigenvalue weighted by atomic mass is 10.1. The number of rotatable bonds is 5. The number of piperazine rings is 1. The van der Waals surface area contributed by atoms with Gasteiger partial charge in [-0.25, -0.2) is 0 Å². The van der Waals surface area contributed by atoms with Crippen LogP contribution in [0.3, 0.4) is 0 Å². The Hall–Kier alpha value is -2.15. The van der Waals surface area contributed by atoms with Gasteiger partial charge in [-0.15, -0.1) is 11.3 Å². The smallest absolute Gasteiger partial charge is 0.259 e. The molecular weight excluding hydrogens is 370 g/mol. The Morgan fingerprint density at radius 2 is 2.00 bits per heavy atom. The summed E-state index contributed by atoms with van der Waals surface area (Å²) in [6.07, 6.45) is 2.08. The van der Waals surface area contributed by atoms with E-state index in [4.69, 9.17) is 4.74 Å². The maximum Gasteiger partial charge on any atom is 0.259 e. The van der Waals surface area contributed by atoms with Crippen molar-refractivity contribution in [3.8, 4) is 16.9 Å². The molecule has 4 rings (SSSR count). The maximum absolute atomic E-state index is 12.8. The summed E-state index contributed by atoms with van der Waals surface area (Å²) in [5.74, 6) is 0.854. The summed E-state index contributed by atoms with van der Waals surface area (Å²) in [6.45, 7) is 9.11. The molecule has 1 aliphatic heterocycles. The van der Waals surface area contributed by atoms with Crippen LogP contribution in [0.15, 0.2) is 41.3 Å². The highest BCUT2D eigenvalue weighted by Gasteiger charge is 2.16. The Bertz CT molecular complexity index is 1030. The lowest BCUT2D eigenvalue weighted by molar-refractivity contribution is 0.235. The van der Waals surface area contributed by atoms with Crippen LogP contribution >= 0.6 is 11.3 Å². The third kappa shape index (κ3) is 3.99. The van der Waals surface area contributed by atoms with E-state index in [1.807, 2.05) is 39.2 Å². The third-order valence-corrected chi connectivity index (χ3v) is 6.16. The highest BCUT2D eigenvalue weighted by molar-refractivity contribution is 7.19. The van der Waals surface area contributed by atoms with Gasteiger partial charge < -0.3 is 14.6 Å². The number of fused-ring (bicyclic) bond motifs is 1. The van der Waals surface area contributed by atoms with Crippen LogP contribution in [0.2, 0.25) is 0 Å². The monoisotopic (exact) mass is 397 g/mol. The first-order chi connectivity index (χ1) is 13.5. The van der Waals surface area contributed by atoms with Gasteiger partial charge in [0.1, 0.15) is 5.75 Å². The molecule has 6 heteroatoms. The van der Waals surface area contributed by atoms with Crippen LogP contribution in [0.5, 0.6) is 5.75 Å². The number of aromatic nitrogens is 1. The van der Waals surface area contributed by atoms with Gasteiger partial charge in [0.25, 0.3) is 5.56 Å². The molecular formula is C22H27N3O2S. The molecule has 1 N–H and O–H groups in total. The van der Waals surface area contributed by atoms with Gasteiger partial charge in [0, 0.05) is 61.1 Å². The Morgan fingerprint density at radius 1 is 1.21 bits per heavy atom. The minimum Gasteiger partial charge on any atom is -0.491 e. The number of nitrogens with one attached hydrogen (secondary N) is 1. The molecule has 2 aromatic heterocycles. The predicted molar refractivity (Wildman–Crippen MR) is 116 cm³/mol. The fourth-order valence-corrected chi connectivity index (χ4v) is 4.91. The van der Waals surface area contributed by atoms with Gasteiger partial charge >= 0.3 is 0 Å². The van der Waals surface area contributed by atoms with E-state index in [2.05, 4.69) is 28.4 Å². The molecule has 0 bridgehead atoms. The maximum atomic E-state index is 12.8. The van der Waals surface area contributed by atoms with E-state index in [1.165, 1.54) is 4.88 Å². The second-order valence-corrected chi connectivity index (χ2v) is 8.77. The van der Waals surface area contributed by atoms with Crippen LogP contribution in [0.25, 0.3) is 21.2 Å². The normalized spacial score (nSPS) is 15.4. The molecule has 0 unspecified atom stereocenters. The van der Waals surface area contributed by atoms with Crippen LogP contribution in [-0.4, -0.2) is 41.8 Å². The van der Waals surface area contributed by atoms with Gasteiger partial charge in [0.05, 0.1) is 11.5 Å². The van der Waals surface area contributed by atoms with Gasteiger partial charge in [0.15, 0.2) is 0 Å². The molecule has 28 heavy (non-hydrogen) atoms. The molecule has 3 heterocycles. The number of benzene rings is 1. The van der Waals surface area contributed by atoms with Gasteiger partial charge in [-0.05, 0) is 37.6 Å². The summed E-state index contributed by atoms with van der Waals surface area (Å²) in [4.78, 5) is 16.4. The first-order valence-electron chi connectivity index (χ1n) is 9.83. The number of hydrogen-bond donors (Lipinski definition) is 1. The van der Waals surface area contributed by atoms with Crippen molar-refractivity contribution in [3.05, 3.63) is 51.8 Å². The molecule has 0 atom stereocenters. The third-order valence-electron chi connectivity index (χ3n) is 5.01. The van der Waals surface area contributed by atoms with Crippen LogP contribution < -0.4 is 15.6 Å². The van der Waals surface area contributed by atoms with E-state index in [1.54, 1.807) is 15.9 Å². The predicted octanol–water partition coefficient (Wildman–Crippen LogP) is 3.46. The van der Waals surface area contributed by atoms with E-state index in [-0.39, 0.29) is 11.7 Å². The highest BCUT2D eigenvalue weighted by Crippen LogP contribution is 2.35. The molecule has 0 aliphatic carbocycles. The fourth-order valence-electron chi connectivity index (χ4n) is 3.68. The molecule has 0 radical (unpaired) electrons. The lowest BCUT2D eigenvalue weighted by Crippen LogP contribution is -2.42. The highest BCUT2D eigenvalue weighted by atomic mass is 32.1. The molecule has 148 valence electrons. The molecule has 1 saturated heterocycles. The van der Waals surface area contributed by atoms with Crippen molar-refractivity contribution in [2.24, 2.45) is 7.05 Å². The van der Waals surface area contributed by atoms with Crippen LogP contribution in [0, 0.1) is 0 Å². The molecule has 1 aromatic carbocycles. The Balaban J connectivity index is 1.76. The standard InChI is InChI=1S/C22H27N3O2S/c1-15(2)27-17-6-4-5-16(11-17)20-14-24(3)22(26)19-12-18(28-21(19)20)13-25-9-7-23-8-10-25/h4-6,11-12,14-15,23H,7-10,13H2,1-3H3. The van der Waals surface area contributed by atoms with Crippen molar-refractivity contribution >= 4 is 21.4 Å². The second kappa shape index (κ2) is 8.07. The van der Waals surface area contributed by atoms with Gasteiger partial charge in [0.2, 0.25) is 0 Å². The molecule has 1 fully saturated rings. The summed E-state index contributed by atoms with van der Waals surface area (Å²) in [5.41, 5.74) is 2.23. The number of aryl methyl sites for hydroxylation is 1. The quantitative estimate of drug-likeness (QED) is 0.716. The van der Waals surface area contributed by atoms with E-state index in [0.717, 1.165) is 59.7 Å². The molecule has 0 saturated carbocycles. The zero-order chi connectivity index (χ0) is 19.7. The molecule has 1 aliphatic rings. The van der Waals surface area contributed by atoms with Crippen molar-refractivity contribution in [1.82, 2.24) is 14.8 Å². The average molecular weight is 398 g/mol. The van der Waals surface area contributed by atoms with Crippen molar-refractivity contribution in [2.75, 3.05) is 26.2 Å². The summed E-state index contributed by atoms with van der Waals surface area (Å²) in [5, 5.41) is 4.20. The summed E-state index contributed by atoms with van der Waals surface area (Å²) >= 11 is 1.74. The number of pyridine rings is 1.